The van der Waals surface area contributed by atoms with Crippen molar-refractivity contribution in [1.82, 2.24) is 5.32 Å². The van der Waals surface area contributed by atoms with Crippen molar-refractivity contribution in [2.24, 2.45) is 11.8 Å². The molecule has 0 amide bonds. The molecule has 2 bridgehead atoms. The minimum atomic E-state index is 1.06. The molecule has 1 saturated carbocycles. The van der Waals surface area contributed by atoms with Crippen LogP contribution < -0.4 is 5.32 Å². The van der Waals surface area contributed by atoms with E-state index in [1.54, 1.807) is 0 Å². The van der Waals surface area contributed by atoms with Crippen molar-refractivity contribution in [3.63, 3.8) is 0 Å². The molecule has 3 rings (SSSR count). The number of hydrogen-bond donors (Lipinski definition) is 1. The molecule has 1 N–H and O–H groups in total. The zero-order valence-electron chi connectivity index (χ0n) is 5.19. The molecule has 1 aliphatic carbocycles. The lowest BCUT2D eigenvalue weighted by molar-refractivity contribution is 0.213. The maximum absolute atomic E-state index is 3.44. The van der Waals surface area contributed by atoms with Gasteiger partial charge in [-0.1, -0.05) is 0 Å². The highest BCUT2D eigenvalue weighted by molar-refractivity contribution is 4.84. The Morgan fingerprint density at radius 2 is 2.00 bits per heavy atom. The van der Waals surface area contributed by atoms with Gasteiger partial charge in [0.1, 0.15) is 0 Å². The predicted molar refractivity (Wildman–Crippen MR) is 33.7 cm³/mol. The molecule has 0 radical (unpaired) electrons. The third kappa shape index (κ3) is 0.655. The van der Waals surface area contributed by atoms with Gasteiger partial charge in [0.25, 0.3) is 0 Å². The highest BCUT2D eigenvalue weighted by atomic mass is 14.9. The first-order valence-electron chi connectivity index (χ1n) is 3.66. The SMILES string of the molecule is C1CC2CC(CN1)C2. The Kier molecular flexibility index (Phi) is 1.04. The van der Waals surface area contributed by atoms with Gasteiger partial charge < -0.3 is 5.32 Å². The summed E-state index contributed by atoms with van der Waals surface area (Å²) in [6.45, 7) is 2.58. The molecule has 0 aromatic heterocycles. The monoisotopic (exact) mass is 111 g/mol. The summed E-state index contributed by atoms with van der Waals surface area (Å²) < 4.78 is 0. The highest BCUT2D eigenvalue weighted by Gasteiger charge is 2.30. The fourth-order valence-corrected chi connectivity index (χ4v) is 1.89. The van der Waals surface area contributed by atoms with Crippen LogP contribution in [-0.4, -0.2) is 13.1 Å². The van der Waals surface area contributed by atoms with Crippen LogP contribution in [0.2, 0.25) is 0 Å². The van der Waals surface area contributed by atoms with Gasteiger partial charge in [0, 0.05) is 0 Å². The molecular formula is C7H13N. The molecule has 0 unspecified atom stereocenters. The fraction of sp³-hybridized carbons (Fsp3) is 1.00. The van der Waals surface area contributed by atoms with Crippen LogP contribution in [0.25, 0.3) is 0 Å². The molecule has 46 valence electrons. The first kappa shape index (κ1) is 4.80. The van der Waals surface area contributed by atoms with Crippen LogP contribution in [0.5, 0.6) is 0 Å². The summed E-state index contributed by atoms with van der Waals surface area (Å²) in [6.07, 6.45) is 4.48. The van der Waals surface area contributed by atoms with E-state index in [1.807, 2.05) is 0 Å². The third-order valence-electron chi connectivity index (χ3n) is 2.50. The number of nitrogens with one attached hydrogen (secondary N) is 1. The lowest BCUT2D eigenvalue weighted by atomic mass is 9.75. The average Bonchev–Trinajstić information content (AvgIpc) is 1.89. The number of hydrogen-bond acceptors (Lipinski definition) is 1. The van der Waals surface area contributed by atoms with Crippen LogP contribution in [0, 0.1) is 11.8 Å². The van der Waals surface area contributed by atoms with Crippen LogP contribution in [0.15, 0.2) is 0 Å². The highest BCUT2D eigenvalue weighted by Crippen LogP contribution is 2.36. The van der Waals surface area contributed by atoms with Gasteiger partial charge in [-0.25, -0.2) is 0 Å². The number of fused-ring (bicyclic) bond motifs is 3. The zero-order chi connectivity index (χ0) is 5.40. The summed E-state index contributed by atoms with van der Waals surface area (Å²) >= 11 is 0. The van der Waals surface area contributed by atoms with Crippen molar-refractivity contribution in [2.45, 2.75) is 19.3 Å². The van der Waals surface area contributed by atoms with E-state index in [2.05, 4.69) is 5.32 Å². The minimum Gasteiger partial charge on any atom is -0.316 e. The molecule has 2 heterocycles. The first-order chi connectivity index (χ1) is 3.95. The average molecular weight is 111 g/mol. The molecule has 3 aliphatic rings. The Bertz CT molecular complexity index is 68.9. The van der Waals surface area contributed by atoms with Crippen LogP contribution >= 0.6 is 0 Å². The standard InChI is InChI=1S/C7H13N/c1-2-8-5-7-3-6(1)4-7/h6-8H,1-5H2. The van der Waals surface area contributed by atoms with Crippen molar-refractivity contribution < 1.29 is 0 Å². The Balaban J connectivity index is 1.95. The van der Waals surface area contributed by atoms with Crippen molar-refractivity contribution >= 4 is 0 Å². The first-order valence-corrected chi connectivity index (χ1v) is 3.66. The molecule has 0 spiro atoms. The van der Waals surface area contributed by atoms with Gasteiger partial charge in [0.05, 0.1) is 0 Å². The summed E-state index contributed by atoms with van der Waals surface area (Å²) in [4.78, 5) is 0. The van der Waals surface area contributed by atoms with Gasteiger partial charge in [-0.15, -0.1) is 0 Å². The Hall–Kier alpha value is -0.0400. The second kappa shape index (κ2) is 1.73. The Morgan fingerprint density at radius 3 is 2.88 bits per heavy atom. The van der Waals surface area contributed by atoms with Gasteiger partial charge >= 0.3 is 0 Å². The van der Waals surface area contributed by atoms with E-state index in [4.69, 9.17) is 0 Å². The molecule has 0 atom stereocenters. The zero-order valence-corrected chi connectivity index (χ0v) is 5.19. The van der Waals surface area contributed by atoms with E-state index in [0.29, 0.717) is 0 Å². The minimum absolute atomic E-state index is 1.06. The molecule has 0 aromatic carbocycles. The van der Waals surface area contributed by atoms with E-state index in [-0.39, 0.29) is 0 Å². The lowest BCUT2D eigenvalue weighted by Gasteiger charge is -2.31. The molecule has 8 heavy (non-hydrogen) atoms. The lowest BCUT2D eigenvalue weighted by Crippen LogP contribution is -2.26. The van der Waals surface area contributed by atoms with Crippen molar-refractivity contribution in [3.05, 3.63) is 0 Å². The summed E-state index contributed by atoms with van der Waals surface area (Å²) in [5.41, 5.74) is 0. The van der Waals surface area contributed by atoms with Crippen LogP contribution in [0.4, 0.5) is 0 Å². The molecule has 0 aromatic rings. The van der Waals surface area contributed by atoms with Crippen molar-refractivity contribution in [1.29, 1.82) is 0 Å². The summed E-state index contributed by atoms with van der Waals surface area (Å²) in [5.74, 6) is 2.16. The maximum Gasteiger partial charge on any atom is -0.00203 e. The topological polar surface area (TPSA) is 12.0 Å². The van der Waals surface area contributed by atoms with Gasteiger partial charge in [0.2, 0.25) is 0 Å². The van der Waals surface area contributed by atoms with Crippen LogP contribution in [0.3, 0.4) is 0 Å². The van der Waals surface area contributed by atoms with E-state index in [9.17, 15) is 0 Å². The molecule has 1 heteroatoms. The molecule has 3 fully saturated rings. The van der Waals surface area contributed by atoms with Crippen LogP contribution in [0.1, 0.15) is 19.3 Å². The smallest absolute Gasteiger partial charge is 0.00203 e. The van der Waals surface area contributed by atoms with Gasteiger partial charge in [-0.05, 0) is 44.2 Å². The van der Waals surface area contributed by atoms with Crippen LogP contribution in [-0.2, 0) is 0 Å². The van der Waals surface area contributed by atoms with E-state index in [0.717, 1.165) is 11.8 Å². The molecular weight excluding hydrogens is 98.1 g/mol. The van der Waals surface area contributed by atoms with E-state index in [1.165, 1.54) is 32.4 Å². The predicted octanol–water partition coefficient (Wildman–Crippen LogP) is 1.01. The van der Waals surface area contributed by atoms with Gasteiger partial charge in [-0.2, -0.15) is 0 Å². The third-order valence-corrected chi connectivity index (χ3v) is 2.50. The summed E-state index contributed by atoms with van der Waals surface area (Å²) in [7, 11) is 0. The van der Waals surface area contributed by atoms with E-state index < -0.39 is 0 Å². The quantitative estimate of drug-likeness (QED) is 0.492. The second-order valence-corrected chi connectivity index (χ2v) is 3.20. The normalized spacial score (nSPS) is 45.0. The Labute approximate surface area is 50.5 Å². The maximum atomic E-state index is 3.44. The molecule has 2 saturated heterocycles. The number of rotatable bonds is 0. The molecule has 1 nitrogen and oxygen atoms in total. The summed E-state index contributed by atoms with van der Waals surface area (Å²) in [6, 6.07) is 0. The fourth-order valence-electron chi connectivity index (χ4n) is 1.89. The van der Waals surface area contributed by atoms with Gasteiger partial charge in [0.15, 0.2) is 0 Å². The van der Waals surface area contributed by atoms with Crippen molar-refractivity contribution in [2.75, 3.05) is 13.1 Å². The second-order valence-electron chi connectivity index (χ2n) is 3.20. The Morgan fingerprint density at radius 1 is 1.12 bits per heavy atom. The van der Waals surface area contributed by atoms with Crippen molar-refractivity contribution in [3.8, 4) is 0 Å². The van der Waals surface area contributed by atoms with E-state index >= 15 is 0 Å². The molecule has 2 aliphatic heterocycles. The summed E-state index contributed by atoms with van der Waals surface area (Å²) in [5, 5.41) is 3.44. The van der Waals surface area contributed by atoms with Gasteiger partial charge in [-0.3, -0.25) is 0 Å². The largest absolute Gasteiger partial charge is 0.316 e.